The Labute approximate surface area is 119 Å². The zero-order valence-electron chi connectivity index (χ0n) is 11.3. The molecular formula is C17H18N2O. The summed E-state index contributed by atoms with van der Waals surface area (Å²) in [5.41, 5.74) is 8.49. The summed E-state index contributed by atoms with van der Waals surface area (Å²) in [6.07, 6.45) is 4.15. The van der Waals surface area contributed by atoms with E-state index in [0.717, 1.165) is 17.7 Å². The van der Waals surface area contributed by atoms with Crippen molar-refractivity contribution >= 4 is 17.7 Å². The van der Waals surface area contributed by atoms with Crippen LogP contribution in [0.2, 0.25) is 0 Å². The third kappa shape index (κ3) is 4.61. The van der Waals surface area contributed by atoms with Crippen molar-refractivity contribution < 1.29 is 4.79 Å². The number of nitrogens with two attached hydrogens (primary N) is 1. The summed E-state index contributed by atoms with van der Waals surface area (Å²) in [6.45, 7) is 0.634. The Morgan fingerprint density at radius 3 is 2.45 bits per heavy atom. The van der Waals surface area contributed by atoms with E-state index < -0.39 is 0 Å². The van der Waals surface area contributed by atoms with E-state index in [9.17, 15) is 4.79 Å². The molecular weight excluding hydrogens is 248 g/mol. The van der Waals surface area contributed by atoms with Crippen LogP contribution >= 0.6 is 0 Å². The largest absolute Gasteiger partial charge is 0.399 e. The summed E-state index contributed by atoms with van der Waals surface area (Å²) in [7, 11) is 0. The lowest BCUT2D eigenvalue weighted by atomic mass is 10.1. The fourth-order valence-corrected chi connectivity index (χ4v) is 1.81. The van der Waals surface area contributed by atoms with E-state index in [2.05, 4.69) is 17.4 Å². The van der Waals surface area contributed by atoms with Gasteiger partial charge in [0.15, 0.2) is 0 Å². The summed E-state index contributed by atoms with van der Waals surface area (Å²) in [6, 6.07) is 17.5. The molecule has 3 N–H and O–H groups in total. The fraction of sp³-hybridized carbons (Fsp3) is 0.118. The van der Waals surface area contributed by atoms with Gasteiger partial charge >= 0.3 is 0 Å². The van der Waals surface area contributed by atoms with Crippen LogP contribution < -0.4 is 11.1 Å². The van der Waals surface area contributed by atoms with Gasteiger partial charge in [-0.25, -0.2) is 0 Å². The van der Waals surface area contributed by atoms with E-state index >= 15 is 0 Å². The van der Waals surface area contributed by atoms with Crippen molar-refractivity contribution in [2.75, 3.05) is 12.3 Å². The van der Waals surface area contributed by atoms with Crippen molar-refractivity contribution in [2.45, 2.75) is 6.42 Å². The first-order valence-electron chi connectivity index (χ1n) is 6.59. The number of nitrogens with one attached hydrogen (secondary N) is 1. The standard InChI is InChI=1S/C17H18N2O/c18-16-9-6-15(7-10-16)8-11-17(20)19-13-12-14-4-2-1-3-5-14/h1-11H,12-13,18H2,(H,19,20)/b11-8+. The molecule has 0 unspecified atom stereocenters. The minimum atomic E-state index is -0.0854. The molecule has 0 spiro atoms. The molecule has 0 aromatic heterocycles. The number of hydrogen-bond acceptors (Lipinski definition) is 2. The summed E-state index contributed by atoms with van der Waals surface area (Å²) in [5, 5.41) is 2.86. The van der Waals surface area contributed by atoms with Crippen LogP contribution in [0.25, 0.3) is 6.08 Å². The number of rotatable bonds is 5. The molecule has 0 saturated carbocycles. The number of carbonyl (C=O) groups excluding carboxylic acids is 1. The lowest BCUT2D eigenvalue weighted by Gasteiger charge is -2.02. The summed E-state index contributed by atoms with van der Waals surface area (Å²) < 4.78 is 0. The Morgan fingerprint density at radius 1 is 1.05 bits per heavy atom. The molecule has 0 bridgehead atoms. The second-order valence-electron chi connectivity index (χ2n) is 4.53. The molecule has 102 valence electrons. The second-order valence-corrected chi connectivity index (χ2v) is 4.53. The van der Waals surface area contributed by atoms with E-state index in [4.69, 9.17) is 5.73 Å². The van der Waals surface area contributed by atoms with Crippen LogP contribution in [0.3, 0.4) is 0 Å². The topological polar surface area (TPSA) is 55.1 Å². The first kappa shape index (κ1) is 13.9. The van der Waals surface area contributed by atoms with Gasteiger partial charge in [0.25, 0.3) is 0 Å². The molecule has 20 heavy (non-hydrogen) atoms. The molecule has 2 rings (SSSR count). The molecule has 0 heterocycles. The Hall–Kier alpha value is -2.55. The quantitative estimate of drug-likeness (QED) is 0.645. The normalized spacial score (nSPS) is 10.6. The van der Waals surface area contributed by atoms with Crippen LogP contribution in [0.15, 0.2) is 60.7 Å². The van der Waals surface area contributed by atoms with Crippen molar-refractivity contribution in [3.05, 3.63) is 71.8 Å². The van der Waals surface area contributed by atoms with Crippen LogP contribution in [0.4, 0.5) is 5.69 Å². The highest BCUT2D eigenvalue weighted by molar-refractivity contribution is 5.91. The molecule has 3 nitrogen and oxygen atoms in total. The number of hydrogen-bond donors (Lipinski definition) is 2. The van der Waals surface area contributed by atoms with Gasteiger partial charge in [0.05, 0.1) is 0 Å². The van der Waals surface area contributed by atoms with Crippen molar-refractivity contribution in [1.82, 2.24) is 5.32 Å². The van der Waals surface area contributed by atoms with Gasteiger partial charge < -0.3 is 11.1 Å². The summed E-state index contributed by atoms with van der Waals surface area (Å²) in [4.78, 5) is 11.7. The van der Waals surface area contributed by atoms with Gasteiger partial charge in [0, 0.05) is 18.3 Å². The van der Waals surface area contributed by atoms with Gasteiger partial charge in [0.2, 0.25) is 5.91 Å². The molecule has 0 fully saturated rings. The Kier molecular flexibility index (Phi) is 4.95. The molecule has 0 aliphatic heterocycles. The van der Waals surface area contributed by atoms with E-state index in [0.29, 0.717) is 6.54 Å². The van der Waals surface area contributed by atoms with E-state index in [1.807, 2.05) is 42.5 Å². The lowest BCUT2D eigenvalue weighted by Crippen LogP contribution is -2.23. The zero-order chi connectivity index (χ0) is 14.2. The van der Waals surface area contributed by atoms with Gasteiger partial charge in [-0.2, -0.15) is 0 Å². The molecule has 2 aromatic carbocycles. The number of benzene rings is 2. The lowest BCUT2D eigenvalue weighted by molar-refractivity contribution is -0.116. The molecule has 2 aromatic rings. The van der Waals surface area contributed by atoms with Gasteiger partial charge in [-0.1, -0.05) is 42.5 Å². The third-order valence-corrected chi connectivity index (χ3v) is 2.92. The van der Waals surface area contributed by atoms with Crippen LogP contribution in [0.1, 0.15) is 11.1 Å². The zero-order valence-corrected chi connectivity index (χ0v) is 11.3. The Balaban J connectivity index is 1.76. The van der Waals surface area contributed by atoms with Crippen molar-refractivity contribution in [3.8, 4) is 0 Å². The average molecular weight is 266 g/mol. The monoisotopic (exact) mass is 266 g/mol. The maximum Gasteiger partial charge on any atom is 0.244 e. The average Bonchev–Trinajstić information content (AvgIpc) is 2.48. The third-order valence-electron chi connectivity index (χ3n) is 2.92. The van der Waals surface area contributed by atoms with Crippen LogP contribution in [-0.2, 0) is 11.2 Å². The number of anilines is 1. The van der Waals surface area contributed by atoms with Crippen molar-refractivity contribution in [3.63, 3.8) is 0 Å². The van der Waals surface area contributed by atoms with Crippen LogP contribution in [-0.4, -0.2) is 12.5 Å². The number of amides is 1. The highest BCUT2D eigenvalue weighted by Crippen LogP contribution is 2.06. The highest BCUT2D eigenvalue weighted by atomic mass is 16.1. The number of nitrogen functional groups attached to an aromatic ring is 1. The first-order valence-corrected chi connectivity index (χ1v) is 6.59. The first-order chi connectivity index (χ1) is 9.74. The second kappa shape index (κ2) is 7.14. The molecule has 0 saturated heterocycles. The number of carbonyl (C=O) groups is 1. The van der Waals surface area contributed by atoms with Crippen LogP contribution in [0, 0.1) is 0 Å². The SMILES string of the molecule is Nc1ccc(/C=C/C(=O)NCCc2ccccc2)cc1. The van der Waals surface area contributed by atoms with E-state index in [-0.39, 0.29) is 5.91 Å². The van der Waals surface area contributed by atoms with Gasteiger partial charge in [0.1, 0.15) is 0 Å². The van der Waals surface area contributed by atoms with Crippen molar-refractivity contribution in [1.29, 1.82) is 0 Å². The maximum absolute atomic E-state index is 11.7. The van der Waals surface area contributed by atoms with Gasteiger partial charge in [-0.3, -0.25) is 4.79 Å². The molecule has 3 heteroatoms. The minimum Gasteiger partial charge on any atom is -0.399 e. The maximum atomic E-state index is 11.7. The molecule has 0 aliphatic carbocycles. The Morgan fingerprint density at radius 2 is 1.75 bits per heavy atom. The molecule has 0 aliphatic rings. The Bertz CT molecular complexity index is 574. The van der Waals surface area contributed by atoms with Gasteiger partial charge in [-0.05, 0) is 35.8 Å². The van der Waals surface area contributed by atoms with E-state index in [1.54, 1.807) is 6.08 Å². The van der Waals surface area contributed by atoms with Crippen LogP contribution in [0.5, 0.6) is 0 Å². The molecule has 1 amide bonds. The van der Waals surface area contributed by atoms with Crippen molar-refractivity contribution in [2.24, 2.45) is 0 Å². The predicted octanol–water partition coefficient (Wildman–Crippen LogP) is 2.64. The highest BCUT2D eigenvalue weighted by Gasteiger charge is 1.96. The minimum absolute atomic E-state index is 0.0854. The predicted molar refractivity (Wildman–Crippen MR) is 83.0 cm³/mol. The smallest absolute Gasteiger partial charge is 0.244 e. The van der Waals surface area contributed by atoms with Gasteiger partial charge in [-0.15, -0.1) is 0 Å². The summed E-state index contributed by atoms with van der Waals surface area (Å²) >= 11 is 0. The molecule has 0 radical (unpaired) electrons. The molecule has 0 atom stereocenters. The summed E-state index contributed by atoms with van der Waals surface area (Å²) in [5.74, 6) is -0.0854. The van der Waals surface area contributed by atoms with E-state index in [1.165, 1.54) is 11.6 Å². The fourth-order valence-electron chi connectivity index (χ4n) is 1.81.